The highest BCUT2D eigenvalue weighted by atomic mass is 32.2. The van der Waals surface area contributed by atoms with Gasteiger partial charge in [0.25, 0.3) is 5.91 Å². The predicted molar refractivity (Wildman–Crippen MR) is 113 cm³/mol. The number of sulfonamides is 1. The van der Waals surface area contributed by atoms with Crippen molar-refractivity contribution in [1.29, 1.82) is 0 Å². The van der Waals surface area contributed by atoms with E-state index in [2.05, 4.69) is 15.4 Å². The zero-order chi connectivity index (χ0) is 23.6. The first-order chi connectivity index (χ1) is 15.0. The van der Waals surface area contributed by atoms with Crippen molar-refractivity contribution in [2.45, 2.75) is 23.9 Å². The molecule has 174 valence electrons. The third-order valence-corrected chi connectivity index (χ3v) is 6.75. The number of hydrogen-bond acceptors (Lipinski definition) is 5. The van der Waals surface area contributed by atoms with Crippen molar-refractivity contribution in [2.24, 2.45) is 5.41 Å². The Morgan fingerprint density at radius 1 is 1.12 bits per heavy atom. The Balaban J connectivity index is 1.88. The van der Waals surface area contributed by atoms with Crippen LogP contribution in [0.5, 0.6) is 0 Å². The van der Waals surface area contributed by atoms with Gasteiger partial charge in [0, 0.05) is 24.8 Å². The van der Waals surface area contributed by atoms with Crippen molar-refractivity contribution in [2.75, 3.05) is 32.6 Å². The monoisotopic (exact) mass is 471 g/mol. The molecule has 1 aliphatic rings. The fourth-order valence-corrected chi connectivity index (χ4v) is 3.98. The minimum atomic E-state index is -4.46. The molecule has 1 fully saturated rings. The number of rotatable bonds is 9. The molecule has 0 aliphatic heterocycles. The summed E-state index contributed by atoms with van der Waals surface area (Å²) in [7, 11) is -0.970. The molecular formula is C21H24F3N3O4S. The maximum atomic E-state index is 12.9. The van der Waals surface area contributed by atoms with E-state index in [9.17, 15) is 26.4 Å². The first-order valence-corrected chi connectivity index (χ1v) is 11.3. The van der Waals surface area contributed by atoms with E-state index >= 15 is 0 Å². The normalized spacial score (nSPS) is 15.3. The van der Waals surface area contributed by atoms with Gasteiger partial charge in [-0.2, -0.15) is 13.2 Å². The summed E-state index contributed by atoms with van der Waals surface area (Å²) in [6.45, 7) is 0.862. The van der Waals surface area contributed by atoms with Crippen LogP contribution in [0.2, 0.25) is 0 Å². The summed E-state index contributed by atoms with van der Waals surface area (Å²) >= 11 is 0. The number of amides is 1. The number of carbonyl (C=O) groups is 1. The molecule has 0 radical (unpaired) electrons. The molecule has 3 rings (SSSR count). The van der Waals surface area contributed by atoms with E-state index in [0.29, 0.717) is 18.8 Å². The zero-order valence-corrected chi connectivity index (χ0v) is 18.4. The molecule has 2 aromatic carbocycles. The Hall–Kier alpha value is -2.63. The van der Waals surface area contributed by atoms with E-state index in [4.69, 9.17) is 4.74 Å². The van der Waals surface area contributed by atoms with Gasteiger partial charge in [-0.05, 0) is 62.4 Å². The average Bonchev–Trinajstić information content (AvgIpc) is 3.52. The first-order valence-electron chi connectivity index (χ1n) is 9.79. The Kier molecular flexibility index (Phi) is 6.82. The van der Waals surface area contributed by atoms with Crippen LogP contribution in [-0.2, 0) is 20.9 Å². The molecule has 1 aliphatic carbocycles. The third kappa shape index (κ3) is 5.59. The quantitative estimate of drug-likeness (QED) is 0.520. The summed E-state index contributed by atoms with van der Waals surface area (Å²) in [5, 5.41) is 5.71. The zero-order valence-electron chi connectivity index (χ0n) is 17.5. The van der Waals surface area contributed by atoms with Gasteiger partial charge >= 0.3 is 6.18 Å². The smallest absolute Gasteiger partial charge is 0.384 e. The number of nitrogens with one attached hydrogen (secondary N) is 3. The summed E-state index contributed by atoms with van der Waals surface area (Å²) in [6.07, 6.45) is -2.65. The molecule has 0 spiro atoms. The van der Waals surface area contributed by atoms with Gasteiger partial charge in [0.05, 0.1) is 28.3 Å². The summed E-state index contributed by atoms with van der Waals surface area (Å²) in [5.41, 5.74) is -0.304. The lowest BCUT2D eigenvalue weighted by Gasteiger charge is -2.17. The fourth-order valence-electron chi connectivity index (χ4n) is 3.22. The highest BCUT2D eigenvalue weighted by Gasteiger charge is 2.42. The molecule has 3 N–H and O–H groups in total. The lowest BCUT2D eigenvalue weighted by molar-refractivity contribution is -0.137. The topological polar surface area (TPSA) is 96.5 Å². The number of carbonyl (C=O) groups excluding carboxylic acids is 1. The van der Waals surface area contributed by atoms with Gasteiger partial charge in [0.2, 0.25) is 10.0 Å². The number of methoxy groups -OCH3 is 1. The molecule has 0 aromatic heterocycles. The maximum Gasteiger partial charge on any atom is 0.416 e. The van der Waals surface area contributed by atoms with E-state index in [-0.39, 0.29) is 21.6 Å². The van der Waals surface area contributed by atoms with Crippen LogP contribution in [0.15, 0.2) is 47.4 Å². The highest BCUT2D eigenvalue weighted by molar-refractivity contribution is 7.89. The Morgan fingerprint density at radius 3 is 2.31 bits per heavy atom. The van der Waals surface area contributed by atoms with Crippen molar-refractivity contribution >= 4 is 27.3 Å². The van der Waals surface area contributed by atoms with E-state index in [1.807, 2.05) is 0 Å². The van der Waals surface area contributed by atoms with Gasteiger partial charge in [0.15, 0.2) is 0 Å². The summed E-state index contributed by atoms with van der Waals surface area (Å²) in [5.74, 6) is -0.505. The lowest BCUT2D eigenvalue weighted by Crippen LogP contribution is -2.32. The third-order valence-electron chi connectivity index (χ3n) is 5.34. The van der Waals surface area contributed by atoms with Gasteiger partial charge in [-0.3, -0.25) is 4.79 Å². The highest BCUT2D eigenvalue weighted by Crippen LogP contribution is 2.45. The van der Waals surface area contributed by atoms with Gasteiger partial charge in [-0.25, -0.2) is 13.1 Å². The molecule has 0 atom stereocenters. The molecule has 11 heteroatoms. The second-order valence-corrected chi connectivity index (χ2v) is 9.62. The number of benzene rings is 2. The van der Waals surface area contributed by atoms with E-state index < -0.39 is 27.7 Å². The summed E-state index contributed by atoms with van der Waals surface area (Å²) in [6, 6.07) is 8.25. The Bertz CT molecular complexity index is 1080. The van der Waals surface area contributed by atoms with Crippen LogP contribution in [0.4, 0.5) is 24.5 Å². The Morgan fingerprint density at radius 2 is 1.78 bits per heavy atom. The Labute approximate surface area is 184 Å². The molecule has 0 bridgehead atoms. The van der Waals surface area contributed by atoms with Gasteiger partial charge in [-0.15, -0.1) is 0 Å². The van der Waals surface area contributed by atoms with Crippen LogP contribution in [0.1, 0.15) is 28.8 Å². The van der Waals surface area contributed by atoms with Gasteiger partial charge < -0.3 is 15.4 Å². The first kappa shape index (κ1) is 24.0. The van der Waals surface area contributed by atoms with E-state index in [1.54, 1.807) is 7.11 Å². The number of halogens is 3. The van der Waals surface area contributed by atoms with Crippen molar-refractivity contribution in [1.82, 2.24) is 10.0 Å². The number of alkyl halides is 3. The van der Waals surface area contributed by atoms with Crippen LogP contribution in [0.25, 0.3) is 0 Å². The standard InChI is InChI=1S/C21H24F3N3O4S/c1-25-32(29,30)16-7-8-18(27-15-5-3-14(4-6-15)21(22,23)24)17(11-16)19(28)26-12-20(9-10-20)13-31-2/h3-8,11,25,27H,9-10,12-13H2,1-2H3,(H,26,28). The van der Waals surface area contributed by atoms with Crippen LogP contribution in [0.3, 0.4) is 0 Å². The lowest BCUT2D eigenvalue weighted by atomic mass is 10.1. The summed E-state index contributed by atoms with van der Waals surface area (Å²) in [4.78, 5) is 12.8. The number of ether oxygens (including phenoxy) is 1. The number of hydrogen-bond donors (Lipinski definition) is 3. The molecule has 2 aromatic rings. The molecule has 32 heavy (non-hydrogen) atoms. The molecule has 1 saturated carbocycles. The van der Waals surface area contributed by atoms with Crippen molar-refractivity contribution in [3.8, 4) is 0 Å². The summed E-state index contributed by atoms with van der Waals surface area (Å²) < 4.78 is 70.2. The van der Waals surface area contributed by atoms with Crippen LogP contribution >= 0.6 is 0 Å². The minimum absolute atomic E-state index is 0.0504. The predicted octanol–water partition coefficient (Wildman–Crippen LogP) is 3.51. The molecule has 0 saturated heterocycles. The fraction of sp³-hybridized carbons (Fsp3) is 0.381. The van der Waals surface area contributed by atoms with E-state index in [1.165, 1.54) is 37.4 Å². The number of anilines is 2. The average molecular weight is 472 g/mol. The SMILES string of the molecule is CNS(=O)(=O)c1ccc(Nc2ccc(C(F)(F)F)cc2)c(C(=O)NCC2(COC)CC2)c1. The van der Waals surface area contributed by atoms with Gasteiger partial charge in [0.1, 0.15) is 0 Å². The van der Waals surface area contributed by atoms with Gasteiger partial charge in [-0.1, -0.05) is 0 Å². The molecular weight excluding hydrogens is 447 g/mol. The second kappa shape index (κ2) is 9.08. The minimum Gasteiger partial charge on any atom is -0.384 e. The van der Waals surface area contributed by atoms with Crippen molar-refractivity contribution in [3.05, 3.63) is 53.6 Å². The largest absolute Gasteiger partial charge is 0.416 e. The van der Waals surface area contributed by atoms with Crippen LogP contribution in [-0.4, -0.2) is 41.6 Å². The molecule has 0 heterocycles. The maximum absolute atomic E-state index is 12.9. The van der Waals surface area contributed by atoms with Crippen LogP contribution < -0.4 is 15.4 Å². The molecule has 1 amide bonds. The van der Waals surface area contributed by atoms with Crippen molar-refractivity contribution in [3.63, 3.8) is 0 Å². The van der Waals surface area contributed by atoms with Crippen molar-refractivity contribution < 1.29 is 31.1 Å². The molecule has 7 nitrogen and oxygen atoms in total. The second-order valence-electron chi connectivity index (χ2n) is 7.73. The van der Waals surface area contributed by atoms with Crippen LogP contribution in [0, 0.1) is 5.41 Å². The van der Waals surface area contributed by atoms with E-state index in [0.717, 1.165) is 25.0 Å². The molecule has 0 unspecified atom stereocenters.